The van der Waals surface area contributed by atoms with Crippen LogP contribution in [0.25, 0.3) is 0 Å². The molecule has 1 unspecified atom stereocenters. The molecule has 0 spiro atoms. The van der Waals surface area contributed by atoms with Gasteiger partial charge in [0.2, 0.25) is 0 Å². The fourth-order valence-electron chi connectivity index (χ4n) is 2.94. The Bertz CT molecular complexity index is 792. The number of aliphatic hydroxyl groups is 1. The minimum atomic E-state index is -0.655. The van der Waals surface area contributed by atoms with Crippen molar-refractivity contribution < 1.29 is 18.7 Å². The number of aliphatic hydroxyl groups excluding tert-OH is 1. The lowest BCUT2D eigenvalue weighted by Gasteiger charge is -2.24. The molecule has 142 valence electrons. The molecule has 1 aromatic heterocycles. The summed E-state index contributed by atoms with van der Waals surface area (Å²) < 4.78 is 24.5. The maximum Gasteiger partial charge on any atom is 0.123 e. The largest absolute Gasteiger partial charge is 0.468 e. The van der Waals surface area contributed by atoms with Crippen molar-refractivity contribution in [3.63, 3.8) is 0 Å². The Morgan fingerprint density at radius 1 is 0.963 bits per heavy atom. The highest BCUT2D eigenvalue weighted by Gasteiger charge is 2.15. The van der Waals surface area contributed by atoms with Crippen LogP contribution < -0.4 is 0 Å². The van der Waals surface area contributed by atoms with Gasteiger partial charge in [0.05, 0.1) is 32.1 Å². The monoisotopic (exact) mass is 369 g/mol. The molecule has 2 aromatic carbocycles. The van der Waals surface area contributed by atoms with E-state index in [0.29, 0.717) is 26.2 Å². The minimum Gasteiger partial charge on any atom is -0.468 e. The SMILES string of the molecule is OC(COCc1ccccc1)CN(Cc1cccc(F)c1)Cc1ccco1. The van der Waals surface area contributed by atoms with Crippen LogP contribution >= 0.6 is 0 Å². The Hall–Kier alpha value is -2.47. The van der Waals surface area contributed by atoms with Gasteiger partial charge in [0.1, 0.15) is 11.6 Å². The van der Waals surface area contributed by atoms with Gasteiger partial charge in [0, 0.05) is 13.1 Å². The Kier molecular flexibility index (Phi) is 7.16. The first-order valence-corrected chi connectivity index (χ1v) is 8.98. The highest BCUT2D eigenvalue weighted by molar-refractivity contribution is 5.16. The molecule has 1 atom stereocenters. The maximum atomic E-state index is 13.5. The van der Waals surface area contributed by atoms with Gasteiger partial charge in [-0.05, 0) is 35.4 Å². The number of rotatable bonds is 10. The lowest BCUT2D eigenvalue weighted by atomic mass is 10.2. The molecule has 5 heteroatoms. The second-order valence-electron chi connectivity index (χ2n) is 6.53. The number of hydrogen-bond donors (Lipinski definition) is 1. The van der Waals surface area contributed by atoms with E-state index in [1.807, 2.05) is 53.4 Å². The van der Waals surface area contributed by atoms with Crippen LogP contribution in [0.4, 0.5) is 4.39 Å². The average molecular weight is 369 g/mol. The summed E-state index contributed by atoms with van der Waals surface area (Å²) in [6.45, 7) is 2.12. The first kappa shape index (κ1) is 19.3. The molecular formula is C22H24FNO3. The summed E-state index contributed by atoms with van der Waals surface area (Å²) in [7, 11) is 0. The number of hydrogen-bond acceptors (Lipinski definition) is 4. The Morgan fingerprint density at radius 2 is 1.78 bits per heavy atom. The molecule has 3 rings (SSSR count). The topological polar surface area (TPSA) is 45.8 Å². The summed E-state index contributed by atoms with van der Waals surface area (Å²) in [6, 6.07) is 20.0. The molecule has 0 amide bonds. The molecule has 0 bridgehead atoms. The average Bonchev–Trinajstić information content (AvgIpc) is 3.15. The molecule has 1 heterocycles. The van der Waals surface area contributed by atoms with E-state index in [4.69, 9.17) is 9.15 Å². The van der Waals surface area contributed by atoms with E-state index in [2.05, 4.69) is 0 Å². The third kappa shape index (κ3) is 6.64. The van der Waals surface area contributed by atoms with Crippen molar-refractivity contribution in [2.75, 3.05) is 13.2 Å². The van der Waals surface area contributed by atoms with Gasteiger partial charge in [-0.3, -0.25) is 4.90 Å². The Labute approximate surface area is 158 Å². The highest BCUT2D eigenvalue weighted by Crippen LogP contribution is 2.13. The molecule has 0 aliphatic rings. The summed E-state index contributed by atoms with van der Waals surface area (Å²) in [4.78, 5) is 2.02. The standard InChI is InChI=1S/C22H24FNO3/c23-20-9-4-8-19(12-20)13-24(15-22-10-5-11-27-22)14-21(25)17-26-16-18-6-2-1-3-7-18/h1-12,21,25H,13-17H2. The molecule has 0 fully saturated rings. The summed E-state index contributed by atoms with van der Waals surface area (Å²) in [5.74, 6) is 0.529. The molecule has 1 N–H and O–H groups in total. The molecule has 3 aromatic rings. The molecular weight excluding hydrogens is 345 g/mol. The van der Waals surface area contributed by atoms with Gasteiger partial charge in [0.15, 0.2) is 0 Å². The summed E-state index contributed by atoms with van der Waals surface area (Å²) >= 11 is 0. The van der Waals surface area contributed by atoms with Gasteiger partial charge < -0.3 is 14.3 Å². The van der Waals surface area contributed by atoms with E-state index in [1.54, 1.807) is 12.3 Å². The third-order valence-electron chi connectivity index (χ3n) is 4.15. The first-order valence-electron chi connectivity index (χ1n) is 8.98. The zero-order valence-electron chi connectivity index (χ0n) is 15.1. The van der Waals surface area contributed by atoms with Crippen molar-refractivity contribution in [3.8, 4) is 0 Å². The summed E-state index contributed by atoms with van der Waals surface area (Å²) in [6.07, 6.45) is 0.965. The van der Waals surface area contributed by atoms with Crippen molar-refractivity contribution >= 4 is 0 Å². The lowest BCUT2D eigenvalue weighted by Crippen LogP contribution is -2.34. The van der Waals surface area contributed by atoms with E-state index in [1.165, 1.54) is 12.1 Å². The van der Waals surface area contributed by atoms with Gasteiger partial charge in [-0.2, -0.15) is 0 Å². The van der Waals surface area contributed by atoms with Crippen LogP contribution in [0.15, 0.2) is 77.4 Å². The van der Waals surface area contributed by atoms with Gasteiger partial charge in [-0.15, -0.1) is 0 Å². The first-order chi connectivity index (χ1) is 13.2. The van der Waals surface area contributed by atoms with Crippen molar-refractivity contribution in [2.24, 2.45) is 0 Å². The van der Waals surface area contributed by atoms with E-state index in [9.17, 15) is 9.50 Å². The predicted molar refractivity (Wildman–Crippen MR) is 101 cm³/mol. The van der Waals surface area contributed by atoms with Gasteiger partial charge in [0.25, 0.3) is 0 Å². The quantitative estimate of drug-likeness (QED) is 0.587. The summed E-state index contributed by atoms with van der Waals surface area (Å²) in [5.41, 5.74) is 1.91. The highest BCUT2D eigenvalue weighted by atomic mass is 19.1. The number of nitrogens with zero attached hydrogens (tertiary/aromatic N) is 1. The smallest absolute Gasteiger partial charge is 0.123 e. The van der Waals surface area contributed by atoms with Crippen LogP contribution in [-0.4, -0.2) is 29.3 Å². The molecule has 0 saturated heterocycles. The number of ether oxygens (including phenoxy) is 1. The van der Waals surface area contributed by atoms with Crippen LogP contribution in [0.1, 0.15) is 16.9 Å². The zero-order valence-corrected chi connectivity index (χ0v) is 15.1. The molecule has 0 aliphatic heterocycles. The fraction of sp³-hybridized carbons (Fsp3) is 0.273. The zero-order chi connectivity index (χ0) is 18.9. The Morgan fingerprint density at radius 3 is 2.52 bits per heavy atom. The number of furan rings is 1. The van der Waals surface area contributed by atoms with Crippen LogP contribution in [0.3, 0.4) is 0 Å². The van der Waals surface area contributed by atoms with Gasteiger partial charge in [-0.25, -0.2) is 4.39 Å². The number of benzene rings is 2. The second-order valence-corrected chi connectivity index (χ2v) is 6.53. The molecule has 0 radical (unpaired) electrons. The lowest BCUT2D eigenvalue weighted by molar-refractivity contribution is 0.00612. The predicted octanol–water partition coefficient (Wildman–Crippen LogP) is 4.00. The van der Waals surface area contributed by atoms with Crippen molar-refractivity contribution in [3.05, 3.63) is 95.7 Å². The van der Waals surface area contributed by atoms with Crippen LogP contribution in [0, 0.1) is 5.82 Å². The van der Waals surface area contributed by atoms with Gasteiger partial charge in [-0.1, -0.05) is 42.5 Å². The molecule has 27 heavy (non-hydrogen) atoms. The maximum absolute atomic E-state index is 13.5. The van der Waals surface area contributed by atoms with Crippen LogP contribution in [0.2, 0.25) is 0 Å². The molecule has 0 aliphatic carbocycles. The molecule has 4 nitrogen and oxygen atoms in total. The second kappa shape index (κ2) is 10.0. The van der Waals surface area contributed by atoms with Gasteiger partial charge >= 0.3 is 0 Å². The Balaban J connectivity index is 1.54. The number of halogens is 1. The van der Waals surface area contributed by atoms with E-state index in [0.717, 1.165) is 16.9 Å². The van der Waals surface area contributed by atoms with Crippen molar-refractivity contribution in [1.82, 2.24) is 4.90 Å². The fourth-order valence-corrected chi connectivity index (χ4v) is 2.94. The van der Waals surface area contributed by atoms with E-state index < -0.39 is 6.10 Å². The molecule has 0 saturated carbocycles. The summed E-state index contributed by atoms with van der Waals surface area (Å²) in [5, 5.41) is 10.4. The minimum absolute atomic E-state index is 0.229. The van der Waals surface area contributed by atoms with Crippen LogP contribution in [0.5, 0.6) is 0 Å². The van der Waals surface area contributed by atoms with E-state index in [-0.39, 0.29) is 12.4 Å². The normalized spacial score (nSPS) is 12.4. The van der Waals surface area contributed by atoms with Crippen LogP contribution in [-0.2, 0) is 24.4 Å². The van der Waals surface area contributed by atoms with E-state index >= 15 is 0 Å². The third-order valence-corrected chi connectivity index (χ3v) is 4.15. The van der Waals surface area contributed by atoms with Crippen molar-refractivity contribution in [2.45, 2.75) is 25.8 Å². The van der Waals surface area contributed by atoms with Crippen molar-refractivity contribution in [1.29, 1.82) is 0 Å².